The lowest BCUT2D eigenvalue weighted by Gasteiger charge is -2.20. The van der Waals surface area contributed by atoms with Crippen molar-refractivity contribution in [2.24, 2.45) is 5.92 Å². The smallest absolute Gasteiger partial charge is 0.194 e. The van der Waals surface area contributed by atoms with Crippen LogP contribution >= 0.6 is 0 Å². The first-order valence-corrected chi connectivity index (χ1v) is 8.21. The number of nitrogens with zero attached hydrogens (tertiary/aromatic N) is 1. The number of hydrogen-bond acceptors (Lipinski definition) is 3. The maximum atomic E-state index is 5.84. The molecule has 1 aromatic heterocycles. The first kappa shape index (κ1) is 15.6. The van der Waals surface area contributed by atoms with Crippen LogP contribution in [-0.2, 0) is 12.8 Å². The Labute approximate surface area is 123 Å². The Morgan fingerprint density at radius 1 is 1.25 bits per heavy atom. The van der Waals surface area contributed by atoms with Gasteiger partial charge in [-0.3, -0.25) is 0 Å². The molecule has 1 fully saturated rings. The summed E-state index contributed by atoms with van der Waals surface area (Å²) < 4.78 is 5.84. The molecule has 0 amide bonds. The number of aryl methyl sites for hydroxylation is 2. The highest BCUT2D eigenvalue weighted by Gasteiger charge is 2.15. The predicted molar refractivity (Wildman–Crippen MR) is 82.9 cm³/mol. The van der Waals surface area contributed by atoms with Crippen molar-refractivity contribution in [2.75, 3.05) is 6.54 Å². The lowest BCUT2D eigenvalue weighted by molar-refractivity contribution is 0.398. The Morgan fingerprint density at radius 2 is 2.00 bits per heavy atom. The van der Waals surface area contributed by atoms with E-state index in [0.717, 1.165) is 43.4 Å². The summed E-state index contributed by atoms with van der Waals surface area (Å²) in [6, 6.07) is 0. The molecular weight excluding hydrogens is 248 g/mol. The summed E-state index contributed by atoms with van der Waals surface area (Å²) in [5.41, 5.74) is 0.197. The first-order chi connectivity index (χ1) is 9.53. The molecule has 0 aliphatic heterocycles. The Hall–Kier alpha value is -0.830. The molecule has 0 aromatic carbocycles. The summed E-state index contributed by atoms with van der Waals surface area (Å²) in [5.74, 6) is 2.91. The van der Waals surface area contributed by atoms with Crippen LogP contribution in [-0.4, -0.2) is 17.1 Å². The topological polar surface area (TPSA) is 38.1 Å². The number of oxazole rings is 1. The van der Waals surface area contributed by atoms with Crippen LogP contribution in [0.4, 0.5) is 0 Å². The van der Waals surface area contributed by atoms with Crippen molar-refractivity contribution in [3.63, 3.8) is 0 Å². The summed E-state index contributed by atoms with van der Waals surface area (Å²) in [5, 5.41) is 3.49. The number of hydrogen-bond donors (Lipinski definition) is 1. The van der Waals surface area contributed by atoms with Gasteiger partial charge in [0.25, 0.3) is 0 Å². The highest BCUT2D eigenvalue weighted by atomic mass is 16.4. The largest absolute Gasteiger partial charge is 0.446 e. The molecule has 1 aromatic rings. The van der Waals surface area contributed by atoms with Crippen molar-refractivity contribution in [2.45, 2.75) is 77.7 Å². The van der Waals surface area contributed by atoms with E-state index in [-0.39, 0.29) is 5.54 Å². The van der Waals surface area contributed by atoms with E-state index in [4.69, 9.17) is 4.42 Å². The van der Waals surface area contributed by atoms with Crippen molar-refractivity contribution < 1.29 is 4.42 Å². The average Bonchev–Trinajstić information content (AvgIpc) is 3.02. The van der Waals surface area contributed by atoms with Gasteiger partial charge in [-0.2, -0.15) is 0 Å². The zero-order valence-corrected chi connectivity index (χ0v) is 13.4. The van der Waals surface area contributed by atoms with Gasteiger partial charge in [-0.05, 0) is 46.1 Å². The van der Waals surface area contributed by atoms with Crippen LogP contribution in [0.15, 0.2) is 10.6 Å². The van der Waals surface area contributed by atoms with Gasteiger partial charge >= 0.3 is 0 Å². The van der Waals surface area contributed by atoms with Crippen LogP contribution in [0.5, 0.6) is 0 Å². The van der Waals surface area contributed by atoms with Gasteiger partial charge in [0.15, 0.2) is 5.89 Å². The van der Waals surface area contributed by atoms with Crippen LogP contribution in [0.3, 0.4) is 0 Å². The van der Waals surface area contributed by atoms with Crippen molar-refractivity contribution >= 4 is 0 Å². The Morgan fingerprint density at radius 3 is 2.70 bits per heavy atom. The number of aromatic nitrogens is 1. The zero-order chi connectivity index (χ0) is 14.4. The molecule has 1 aliphatic rings. The molecule has 0 atom stereocenters. The molecule has 0 radical (unpaired) electrons. The van der Waals surface area contributed by atoms with Gasteiger partial charge in [-0.25, -0.2) is 4.98 Å². The van der Waals surface area contributed by atoms with Gasteiger partial charge in [0.05, 0.1) is 6.20 Å². The summed E-state index contributed by atoms with van der Waals surface area (Å²) in [6.07, 6.45) is 12.0. The molecule has 1 heterocycles. The average molecular weight is 278 g/mol. The Bertz CT molecular complexity index is 386. The highest BCUT2D eigenvalue weighted by molar-refractivity contribution is 4.95. The second kappa shape index (κ2) is 7.26. The number of rotatable bonds is 7. The third kappa shape index (κ3) is 5.66. The van der Waals surface area contributed by atoms with Crippen LogP contribution in [0, 0.1) is 5.92 Å². The molecule has 0 unspecified atom stereocenters. The summed E-state index contributed by atoms with van der Waals surface area (Å²) >= 11 is 0. The van der Waals surface area contributed by atoms with Gasteiger partial charge < -0.3 is 9.73 Å². The van der Waals surface area contributed by atoms with Crippen molar-refractivity contribution in [1.82, 2.24) is 10.3 Å². The van der Waals surface area contributed by atoms with Crippen LogP contribution in [0.1, 0.15) is 70.9 Å². The molecule has 1 N–H and O–H groups in total. The van der Waals surface area contributed by atoms with E-state index in [9.17, 15) is 0 Å². The fourth-order valence-corrected chi connectivity index (χ4v) is 2.93. The maximum Gasteiger partial charge on any atom is 0.194 e. The molecule has 2 rings (SSSR count). The quantitative estimate of drug-likeness (QED) is 0.762. The fourth-order valence-electron chi connectivity index (χ4n) is 2.93. The van der Waals surface area contributed by atoms with E-state index in [2.05, 4.69) is 31.1 Å². The van der Waals surface area contributed by atoms with Gasteiger partial charge in [0, 0.05) is 18.4 Å². The molecule has 0 bridgehead atoms. The molecule has 3 nitrogen and oxygen atoms in total. The Kier molecular flexibility index (Phi) is 5.64. The summed E-state index contributed by atoms with van der Waals surface area (Å²) in [4.78, 5) is 4.40. The van der Waals surface area contributed by atoms with Gasteiger partial charge in [-0.15, -0.1) is 0 Å². The first-order valence-electron chi connectivity index (χ1n) is 8.21. The number of nitrogens with one attached hydrogen (secondary N) is 1. The minimum absolute atomic E-state index is 0.197. The highest BCUT2D eigenvalue weighted by Crippen LogP contribution is 2.28. The van der Waals surface area contributed by atoms with Crippen LogP contribution in [0.25, 0.3) is 0 Å². The van der Waals surface area contributed by atoms with Crippen molar-refractivity contribution in [3.05, 3.63) is 17.8 Å². The van der Waals surface area contributed by atoms with E-state index in [1.54, 1.807) is 0 Å². The second-order valence-electron chi connectivity index (χ2n) is 7.19. The SMILES string of the molecule is CC(C)(C)NCCCc1ncc(CCC2CCCC2)o1. The Balaban J connectivity index is 1.64. The standard InChI is InChI=1S/C17H30N2O/c1-17(2,3)19-12-6-9-16-18-13-15(20-16)11-10-14-7-4-5-8-14/h13-14,19H,4-12H2,1-3H3. The van der Waals surface area contributed by atoms with Crippen molar-refractivity contribution in [3.8, 4) is 0 Å². The predicted octanol–water partition coefficient (Wildman–Crippen LogP) is 4.12. The molecule has 3 heteroatoms. The molecular formula is C17H30N2O. The monoisotopic (exact) mass is 278 g/mol. The lowest BCUT2D eigenvalue weighted by Crippen LogP contribution is -2.36. The third-order valence-electron chi connectivity index (χ3n) is 4.10. The zero-order valence-electron chi connectivity index (χ0n) is 13.4. The minimum Gasteiger partial charge on any atom is -0.446 e. The van der Waals surface area contributed by atoms with Crippen LogP contribution in [0.2, 0.25) is 0 Å². The van der Waals surface area contributed by atoms with Gasteiger partial charge in [0.1, 0.15) is 5.76 Å². The van der Waals surface area contributed by atoms with E-state index >= 15 is 0 Å². The molecule has 20 heavy (non-hydrogen) atoms. The molecule has 1 saturated carbocycles. The van der Waals surface area contributed by atoms with Gasteiger partial charge in [-0.1, -0.05) is 25.7 Å². The second-order valence-corrected chi connectivity index (χ2v) is 7.19. The third-order valence-corrected chi connectivity index (χ3v) is 4.10. The van der Waals surface area contributed by atoms with E-state index in [1.165, 1.54) is 32.1 Å². The van der Waals surface area contributed by atoms with E-state index < -0.39 is 0 Å². The summed E-state index contributed by atoms with van der Waals surface area (Å²) in [7, 11) is 0. The normalized spacial score (nSPS) is 16.9. The van der Waals surface area contributed by atoms with E-state index in [0.29, 0.717) is 0 Å². The van der Waals surface area contributed by atoms with E-state index in [1.807, 2.05) is 6.20 Å². The minimum atomic E-state index is 0.197. The molecule has 1 aliphatic carbocycles. The van der Waals surface area contributed by atoms with Gasteiger partial charge in [0.2, 0.25) is 0 Å². The fraction of sp³-hybridized carbons (Fsp3) is 0.824. The lowest BCUT2D eigenvalue weighted by atomic mass is 10.0. The van der Waals surface area contributed by atoms with Crippen LogP contribution < -0.4 is 5.32 Å². The molecule has 114 valence electrons. The molecule has 0 spiro atoms. The van der Waals surface area contributed by atoms with Crippen molar-refractivity contribution in [1.29, 1.82) is 0 Å². The maximum absolute atomic E-state index is 5.84. The summed E-state index contributed by atoms with van der Waals surface area (Å²) in [6.45, 7) is 7.60. The molecule has 0 saturated heterocycles.